The van der Waals surface area contributed by atoms with Crippen molar-refractivity contribution in [3.8, 4) is 0 Å². The summed E-state index contributed by atoms with van der Waals surface area (Å²) in [6, 6.07) is 7.81. The topological polar surface area (TPSA) is 21.3 Å². The van der Waals surface area contributed by atoms with Crippen LogP contribution in [-0.4, -0.2) is 19.7 Å². The van der Waals surface area contributed by atoms with E-state index in [-0.39, 0.29) is 0 Å². The van der Waals surface area contributed by atoms with Gasteiger partial charge in [-0.1, -0.05) is 43.6 Å². The Morgan fingerprint density at radius 2 is 2.06 bits per heavy atom. The maximum absolute atomic E-state index is 6.03. The first kappa shape index (κ1) is 14.5. The molecule has 0 saturated heterocycles. The van der Waals surface area contributed by atoms with E-state index in [0.29, 0.717) is 12.5 Å². The van der Waals surface area contributed by atoms with Crippen LogP contribution in [0.2, 0.25) is 5.02 Å². The molecule has 2 nitrogen and oxygen atoms in total. The maximum Gasteiger partial charge on any atom is 0.0731 e. The second kappa shape index (κ2) is 8.51. The van der Waals surface area contributed by atoms with E-state index in [1.807, 2.05) is 24.3 Å². The van der Waals surface area contributed by atoms with Crippen molar-refractivity contribution >= 4 is 11.6 Å². The van der Waals surface area contributed by atoms with E-state index >= 15 is 0 Å². The molecule has 3 heteroatoms. The second-order valence-electron chi connectivity index (χ2n) is 4.60. The molecule has 0 unspecified atom stereocenters. The fraction of sp³-hybridized carbons (Fsp3) is 0.571. The van der Waals surface area contributed by atoms with Gasteiger partial charge in [0.25, 0.3) is 0 Å². The zero-order valence-electron chi connectivity index (χ0n) is 10.7. The Morgan fingerprint density at radius 3 is 2.76 bits per heavy atom. The molecule has 0 heterocycles. The molecule has 0 aliphatic rings. The van der Waals surface area contributed by atoms with Gasteiger partial charge in [0.05, 0.1) is 6.61 Å². The molecule has 0 aromatic heterocycles. The van der Waals surface area contributed by atoms with Crippen LogP contribution in [0.5, 0.6) is 0 Å². The zero-order valence-corrected chi connectivity index (χ0v) is 11.5. The van der Waals surface area contributed by atoms with Crippen LogP contribution in [-0.2, 0) is 11.3 Å². The molecule has 0 saturated carbocycles. The van der Waals surface area contributed by atoms with Crippen molar-refractivity contribution in [2.75, 3.05) is 19.7 Å². The molecular formula is C14H22ClNO. The van der Waals surface area contributed by atoms with Gasteiger partial charge in [0.1, 0.15) is 0 Å². The van der Waals surface area contributed by atoms with E-state index in [1.165, 1.54) is 0 Å². The van der Waals surface area contributed by atoms with Gasteiger partial charge in [-0.15, -0.1) is 0 Å². The van der Waals surface area contributed by atoms with Crippen molar-refractivity contribution in [1.82, 2.24) is 5.32 Å². The van der Waals surface area contributed by atoms with Crippen molar-refractivity contribution in [2.45, 2.75) is 26.9 Å². The molecule has 1 rings (SSSR count). The molecule has 0 bridgehead atoms. The first-order valence-corrected chi connectivity index (χ1v) is 6.60. The summed E-state index contributed by atoms with van der Waals surface area (Å²) in [7, 11) is 0. The van der Waals surface area contributed by atoms with Crippen LogP contribution in [0.1, 0.15) is 25.8 Å². The molecule has 1 aromatic carbocycles. The number of benzene rings is 1. The van der Waals surface area contributed by atoms with Crippen molar-refractivity contribution in [3.05, 3.63) is 34.9 Å². The maximum atomic E-state index is 6.03. The van der Waals surface area contributed by atoms with Crippen molar-refractivity contribution in [3.63, 3.8) is 0 Å². The largest absolute Gasteiger partial charge is 0.377 e. The number of hydrogen-bond acceptors (Lipinski definition) is 2. The lowest BCUT2D eigenvalue weighted by Gasteiger charge is -2.08. The van der Waals surface area contributed by atoms with Gasteiger partial charge in [0.15, 0.2) is 0 Å². The highest BCUT2D eigenvalue weighted by atomic mass is 35.5. The summed E-state index contributed by atoms with van der Waals surface area (Å²) in [6.07, 6.45) is 1.04. The quantitative estimate of drug-likeness (QED) is 0.718. The van der Waals surface area contributed by atoms with Gasteiger partial charge in [-0.2, -0.15) is 0 Å². The molecule has 0 aliphatic heterocycles. The average molecular weight is 256 g/mol. The molecule has 0 radical (unpaired) electrons. The third-order valence-electron chi connectivity index (χ3n) is 2.41. The molecule has 1 N–H and O–H groups in total. The standard InChI is InChI=1S/C14H22ClNO/c1-12(2)10-16-8-5-9-17-11-13-6-3-4-7-14(13)15/h3-4,6-7,12,16H,5,8-11H2,1-2H3. The Morgan fingerprint density at radius 1 is 1.29 bits per heavy atom. The number of ether oxygens (including phenoxy) is 1. The lowest BCUT2D eigenvalue weighted by atomic mass is 10.2. The van der Waals surface area contributed by atoms with Crippen LogP contribution >= 0.6 is 11.6 Å². The van der Waals surface area contributed by atoms with E-state index in [1.54, 1.807) is 0 Å². The Hall–Kier alpha value is -0.570. The summed E-state index contributed by atoms with van der Waals surface area (Å²) in [4.78, 5) is 0. The Bertz CT molecular complexity index is 315. The number of rotatable bonds is 8. The van der Waals surface area contributed by atoms with Crippen LogP contribution in [0.15, 0.2) is 24.3 Å². The summed E-state index contributed by atoms with van der Waals surface area (Å²) in [5, 5.41) is 4.17. The highest BCUT2D eigenvalue weighted by molar-refractivity contribution is 6.31. The predicted molar refractivity (Wildman–Crippen MR) is 73.4 cm³/mol. The lowest BCUT2D eigenvalue weighted by Crippen LogP contribution is -2.21. The monoisotopic (exact) mass is 255 g/mol. The highest BCUT2D eigenvalue weighted by Crippen LogP contribution is 2.15. The minimum absolute atomic E-state index is 0.601. The summed E-state index contributed by atoms with van der Waals surface area (Å²) in [5.41, 5.74) is 1.06. The van der Waals surface area contributed by atoms with Gasteiger partial charge in [-0.25, -0.2) is 0 Å². The van der Waals surface area contributed by atoms with Crippen molar-refractivity contribution in [1.29, 1.82) is 0 Å². The van der Waals surface area contributed by atoms with Gasteiger partial charge < -0.3 is 10.1 Å². The minimum atomic E-state index is 0.601. The smallest absolute Gasteiger partial charge is 0.0731 e. The molecule has 0 amide bonds. The van der Waals surface area contributed by atoms with Crippen LogP contribution in [0.4, 0.5) is 0 Å². The molecule has 96 valence electrons. The fourth-order valence-corrected chi connectivity index (χ4v) is 1.68. The molecule has 1 aromatic rings. The van der Waals surface area contributed by atoms with Gasteiger partial charge in [-0.3, -0.25) is 0 Å². The minimum Gasteiger partial charge on any atom is -0.377 e. The van der Waals surface area contributed by atoms with E-state index < -0.39 is 0 Å². The average Bonchev–Trinajstić information content (AvgIpc) is 2.30. The molecule has 0 atom stereocenters. The van der Waals surface area contributed by atoms with Crippen LogP contribution in [0, 0.1) is 5.92 Å². The molecular weight excluding hydrogens is 234 g/mol. The van der Waals surface area contributed by atoms with E-state index in [2.05, 4.69) is 19.2 Å². The summed E-state index contributed by atoms with van der Waals surface area (Å²) < 4.78 is 5.58. The van der Waals surface area contributed by atoms with Crippen LogP contribution in [0.25, 0.3) is 0 Å². The number of halogens is 1. The normalized spacial score (nSPS) is 11.1. The Kier molecular flexibility index (Phi) is 7.25. The molecule has 0 fully saturated rings. The van der Waals surface area contributed by atoms with Gasteiger partial charge in [0.2, 0.25) is 0 Å². The number of nitrogens with one attached hydrogen (secondary N) is 1. The van der Waals surface area contributed by atoms with E-state index in [9.17, 15) is 0 Å². The van der Waals surface area contributed by atoms with Crippen LogP contribution in [0.3, 0.4) is 0 Å². The van der Waals surface area contributed by atoms with Crippen molar-refractivity contribution in [2.24, 2.45) is 5.92 Å². The lowest BCUT2D eigenvalue weighted by molar-refractivity contribution is 0.118. The summed E-state index contributed by atoms with van der Waals surface area (Å²) in [6.45, 7) is 7.88. The number of hydrogen-bond donors (Lipinski definition) is 1. The van der Waals surface area contributed by atoms with E-state index in [0.717, 1.165) is 36.7 Å². The fourth-order valence-electron chi connectivity index (χ4n) is 1.49. The van der Waals surface area contributed by atoms with Crippen LogP contribution < -0.4 is 5.32 Å². The highest BCUT2D eigenvalue weighted by Gasteiger charge is 1.98. The molecule has 17 heavy (non-hydrogen) atoms. The predicted octanol–water partition coefficient (Wildman–Crippen LogP) is 3.49. The first-order chi connectivity index (χ1) is 8.20. The Labute approximate surface area is 109 Å². The second-order valence-corrected chi connectivity index (χ2v) is 5.00. The summed E-state index contributed by atoms with van der Waals surface area (Å²) >= 11 is 6.03. The third-order valence-corrected chi connectivity index (χ3v) is 2.78. The zero-order chi connectivity index (χ0) is 12.5. The Balaban J connectivity index is 2.03. The van der Waals surface area contributed by atoms with E-state index in [4.69, 9.17) is 16.3 Å². The molecule has 0 spiro atoms. The van der Waals surface area contributed by atoms with Gasteiger partial charge in [-0.05, 0) is 37.1 Å². The molecule has 0 aliphatic carbocycles. The first-order valence-electron chi connectivity index (χ1n) is 6.22. The van der Waals surface area contributed by atoms with Crippen molar-refractivity contribution < 1.29 is 4.74 Å². The SMILES string of the molecule is CC(C)CNCCCOCc1ccccc1Cl. The summed E-state index contributed by atoms with van der Waals surface area (Å²) in [5.74, 6) is 0.707. The van der Waals surface area contributed by atoms with Gasteiger partial charge >= 0.3 is 0 Å². The third kappa shape index (κ3) is 6.67. The van der Waals surface area contributed by atoms with Gasteiger partial charge in [0, 0.05) is 11.6 Å².